The summed E-state index contributed by atoms with van der Waals surface area (Å²) in [7, 11) is 1.88. The van der Waals surface area contributed by atoms with Crippen molar-refractivity contribution in [3.63, 3.8) is 0 Å². The molecule has 0 bridgehead atoms. The van der Waals surface area contributed by atoms with Crippen LogP contribution in [0, 0.1) is 6.92 Å². The van der Waals surface area contributed by atoms with Crippen LogP contribution in [0.15, 0.2) is 53.7 Å². The predicted octanol–water partition coefficient (Wildman–Crippen LogP) is 4.33. The van der Waals surface area contributed by atoms with E-state index in [0.717, 1.165) is 22.0 Å². The van der Waals surface area contributed by atoms with Crippen LogP contribution in [0.4, 0.5) is 0 Å². The molecule has 0 aliphatic rings. The topological polar surface area (TPSA) is 43.6 Å². The van der Waals surface area contributed by atoms with Gasteiger partial charge in [-0.25, -0.2) is 4.79 Å². The second-order valence-corrected chi connectivity index (χ2v) is 5.62. The summed E-state index contributed by atoms with van der Waals surface area (Å²) in [6, 6.07) is 14.9. The number of hydrogen-bond donors (Lipinski definition) is 0. The van der Waals surface area contributed by atoms with Crippen molar-refractivity contribution >= 4 is 34.7 Å². The van der Waals surface area contributed by atoms with E-state index < -0.39 is 5.97 Å². The van der Waals surface area contributed by atoms with E-state index in [0.29, 0.717) is 10.7 Å². The second-order valence-electron chi connectivity index (χ2n) is 5.26. The van der Waals surface area contributed by atoms with Crippen LogP contribution in [-0.4, -0.2) is 16.8 Å². The molecule has 0 atom stereocenters. The fourth-order valence-corrected chi connectivity index (χ4v) is 2.71. The summed E-state index contributed by atoms with van der Waals surface area (Å²) in [5, 5.41) is 5.30. The van der Waals surface area contributed by atoms with Gasteiger partial charge in [-0.05, 0) is 25.1 Å². The molecule has 1 aromatic heterocycles. The maximum atomic E-state index is 12.0. The molecule has 0 aliphatic heterocycles. The SMILES string of the molecule is Cc1cccc(C(=O)O/N=C/c2c(Cl)n(C)c3ccccc23)c1. The molecule has 4 nitrogen and oxygen atoms in total. The second kappa shape index (κ2) is 6.26. The Morgan fingerprint density at radius 3 is 2.78 bits per heavy atom. The van der Waals surface area contributed by atoms with Crippen molar-refractivity contribution in [3.05, 3.63) is 70.4 Å². The minimum Gasteiger partial charge on any atom is -0.334 e. The summed E-state index contributed by atoms with van der Waals surface area (Å²) < 4.78 is 1.86. The number of oxime groups is 1. The number of hydrogen-bond acceptors (Lipinski definition) is 3. The maximum absolute atomic E-state index is 12.0. The van der Waals surface area contributed by atoms with Crippen molar-refractivity contribution < 1.29 is 9.63 Å². The lowest BCUT2D eigenvalue weighted by molar-refractivity contribution is 0.0519. The maximum Gasteiger partial charge on any atom is 0.365 e. The molecule has 0 saturated carbocycles. The third-order valence-electron chi connectivity index (χ3n) is 3.64. The van der Waals surface area contributed by atoms with Crippen molar-refractivity contribution in [2.75, 3.05) is 0 Å². The molecule has 5 heteroatoms. The van der Waals surface area contributed by atoms with Gasteiger partial charge in [-0.3, -0.25) is 0 Å². The molecular formula is C18H15ClN2O2. The zero-order valence-corrected chi connectivity index (χ0v) is 13.5. The van der Waals surface area contributed by atoms with Crippen LogP contribution < -0.4 is 0 Å². The lowest BCUT2D eigenvalue weighted by atomic mass is 10.1. The Labute approximate surface area is 138 Å². The highest BCUT2D eigenvalue weighted by Crippen LogP contribution is 2.27. The number of benzene rings is 2. The number of fused-ring (bicyclic) bond motifs is 1. The molecular weight excluding hydrogens is 312 g/mol. The highest BCUT2D eigenvalue weighted by Gasteiger charge is 2.12. The average molecular weight is 327 g/mol. The third kappa shape index (κ3) is 2.98. The van der Waals surface area contributed by atoms with E-state index in [4.69, 9.17) is 16.4 Å². The molecule has 2 aromatic carbocycles. The van der Waals surface area contributed by atoms with Gasteiger partial charge in [0.1, 0.15) is 5.15 Å². The number of nitrogens with zero attached hydrogens (tertiary/aromatic N) is 2. The number of para-hydroxylation sites is 1. The smallest absolute Gasteiger partial charge is 0.334 e. The number of rotatable bonds is 3. The standard InChI is InChI=1S/C18H15ClN2O2/c1-12-6-5-7-13(10-12)18(22)23-20-11-15-14-8-3-4-9-16(14)21(2)17(15)19/h3-11H,1-2H3/b20-11+. The van der Waals surface area contributed by atoms with Crippen LogP contribution in [-0.2, 0) is 11.9 Å². The molecule has 0 spiro atoms. The van der Waals surface area contributed by atoms with E-state index in [1.807, 2.05) is 48.9 Å². The van der Waals surface area contributed by atoms with E-state index in [-0.39, 0.29) is 0 Å². The molecule has 0 amide bonds. The van der Waals surface area contributed by atoms with Gasteiger partial charge in [0, 0.05) is 23.5 Å². The van der Waals surface area contributed by atoms with Gasteiger partial charge in [0.15, 0.2) is 0 Å². The van der Waals surface area contributed by atoms with Gasteiger partial charge < -0.3 is 9.40 Å². The zero-order valence-electron chi connectivity index (χ0n) is 12.8. The Morgan fingerprint density at radius 2 is 2.00 bits per heavy atom. The van der Waals surface area contributed by atoms with E-state index in [9.17, 15) is 4.79 Å². The highest BCUT2D eigenvalue weighted by atomic mass is 35.5. The van der Waals surface area contributed by atoms with E-state index in [1.165, 1.54) is 6.21 Å². The van der Waals surface area contributed by atoms with Crippen LogP contribution in [0.25, 0.3) is 10.9 Å². The molecule has 116 valence electrons. The van der Waals surface area contributed by atoms with Gasteiger partial charge in [-0.15, -0.1) is 0 Å². The van der Waals surface area contributed by atoms with Crippen LogP contribution in [0.2, 0.25) is 5.15 Å². The average Bonchev–Trinajstić information content (AvgIpc) is 2.80. The molecule has 0 N–H and O–H groups in total. The molecule has 0 radical (unpaired) electrons. The minimum absolute atomic E-state index is 0.464. The van der Waals surface area contributed by atoms with Gasteiger partial charge in [0.2, 0.25) is 0 Å². The first kappa shape index (κ1) is 15.3. The first-order valence-electron chi connectivity index (χ1n) is 7.12. The van der Waals surface area contributed by atoms with Crippen molar-refractivity contribution in [1.82, 2.24) is 4.57 Å². The lowest BCUT2D eigenvalue weighted by Crippen LogP contribution is -2.01. The molecule has 0 unspecified atom stereocenters. The summed E-state index contributed by atoms with van der Waals surface area (Å²) in [5.41, 5.74) is 3.16. The minimum atomic E-state index is -0.499. The van der Waals surface area contributed by atoms with Crippen molar-refractivity contribution in [3.8, 4) is 0 Å². The van der Waals surface area contributed by atoms with Crippen molar-refractivity contribution in [2.24, 2.45) is 12.2 Å². The highest BCUT2D eigenvalue weighted by molar-refractivity contribution is 6.34. The third-order valence-corrected chi connectivity index (χ3v) is 4.10. The van der Waals surface area contributed by atoms with Crippen LogP contribution in [0.3, 0.4) is 0 Å². The van der Waals surface area contributed by atoms with Gasteiger partial charge in [0.25, 0.3) is 0 Å². The monoisotopic (exact) mass is 326 g/mol. The molecule has 0 aliphatic carbocycles. The first-order chi connectivity index (χ1) is 11.1. The summed E-state index contributed by atoms with van der Waals surface area (Å²) in [4.78, 5) is 16.9. The normalized spacial score (nSPS) is 11.3. The largest absolute Gasteiger partial charge is 0.365 e. The predicted molar refractivity (Wildman–Crippen MR) is 92.1 cm³/mol. The number of carbonyl (C=O) groups excluding carboxylic acids is 1. The summed E-state index contributed by atoms with van der Waals surface area (Å²) in [5.74, 6) is -0.499. The molecule has 0 fully saturated rings. The number of aromatic nitrogens is 1. The summed E-state index contributed by atoms with van der Waals surface area (Å²) in [6.07, 6.45) is 1.47. The van der Waals surface area contributed by atoms with Gasteiger partial charge in [0.05, 0.1) is 11.8 Å². The number of aryl methyl sites for hydroxylation is 2. The zero-order chi connectivity index (χ0) is 16.4. The molecule has 1 heterocycles. The first-order valence-corrected chi connectivity index (χ1v) is 7.50. The van der Waals surface area contributed by atoms with Crippen LogP contribution in [0.5, 0.6) is 0 Å². The Balaban J connectivity index is 1.84. The summed E-state index contributed by atoms with van der Waals surface area (Å²) >= 11 is 6.32. The molecule has 3 rings (SSSR count). The fourth-order valence-electron chi connectivity index (χ4n) is 2.47. The Hall–Kier alpha value is -2.59. The summed E-state index contributed by atoms with van der Waals surface area (Å²) in [6.45, 7) is 1.91. The van der Waals surface area contributed by atoms with Crippen molar-refractivity contribution in [1.29, 1.82) is 0 Å². The van der Waals surface area contributed by atoms with E-state index in [2.05, 4.69) is 5.16 Å². The van der Waals surface area contributed by atoms with E-state index >= 15 is 0 Å². The van der Waals surface area contributed by atoms with Gasteiger partial charge in [-0.2, -0.15) is 0 Å². The Bertz CT molecular complexity index is 913. The Kier molecular flexibility index (Phi) is 4.17. The van der Waals surface area contributed by atoms with Gasteiger partial charge >= 0.3 is 5.97 Å². The quantitative estimate of drug-likeness (QED) is 0.408. The van der Waals surface area contributed by atoms with Crippen LogP contribution in [0.1, 0.15) is 21.5 Å². The number of carbonyl (C=O) groups is 1. The molecule has 23 heavy (non-hydrogen) atoms. The fraction of sp³-hybridized carbons (Fsp3) is 0.111. The van der Waals surface area contributed by atoms with E-state index in [1.54, 1.807) is 18.2 Å². The lowest BCUT2D eigenvalue weighted by Gasteiger charge is -1.99. The molecule has 3 aromatic rings. The number of halogens is 1. The van der Waals surface area contributed by atoms with Crippen molar-refractivity contribution in [2.45, 2.75) is 6.92 Å². The Morgan fingerprint density at radius 1 is 1.22 bits per heavy atom. The van der Waals surface area contributed by atoms with Gasteiger partial charge in [-0.1, -0.05) is 52.7 Å². The molecule has 0 saturated heterocycles. The van der Waals surface area contributed by atoms with Crippen LogP contribution >= 0.6 is 11.6 Å².